The Labute approximate surface area is 102 Å². The number of aryl methyl sites for hydroxylation is 1. The van der Waals surface area contributed by atoms with E-state index >= 15 is 0 Å². The highest BCUT2D eigenvalue weighted by atomic mass is 16.1. The zero-order valence-corrected chi connectivity index (χ0v) is 10.3. The molecule has 2 N–H and O–H groups in total. The van der Waals surface area contributed by atoms with Gasteiger partial charge in [0, 0.05) is 23.5 Å². The second-order valence-corrected chi connectivity index (χ2v) is 4.33. The molecule has 0 fully saturated rings. The maximum Gasteiger partial charge on any atom is 0.250 e. The van der Waals surface area contributed by atoms with Crippen LogP contribution in [0.15, 0.2) is 29.8 Å². The SMILES string of the molecule is CC=C(C)C(=O)Nc1ccc2c(c1)NCCC2. The average Bonchev–Trinajstić information content (AvgIpc) is 2.37. The summed E-state index contributed by atoms with van der Waals surface area (Å²) >= 11 is 0. The van der Waals surface area contributed by atoms with Crippen molar-refractivity contribution in [2.24, 2.45) is 0 Å². The Hall–Kier alpha value is -1.77. The fraction of sp³-hybridized carbons (Fsp3) is 0.357. The predicted molar refractivity (Wildman–Crippen MR) is 71.3 cm³/mol. The van der Waals surface area contributed by atoms with Crippen molar-refractivity contribution >= 4 is 17.3 Å². The number of amides is 1. The Balaban J connectivity index is 2.15. The van der Waals surface area contributed by atoms with Crippen LogP contribution in [0.4, 0.5) is 11.4 Å². The number of allylic oxidation sites excluding steroid dienone is 1. The first-order valence-electron chi connectivity index (χ1n) is 6.02. The molecule has 0 saturated heterocycles. The lowest BCUT2D eigenvalue weighted by molar-refractivity contribution is -0.112. The van der Waals surface area contributed by atoms with Gasteiger partial charge in [-0.1, -0.05) is 12.1 Å². The van der Waals surface area contributed by atoms with Gasteiger partial charge in [-0.05, 0) is 44.4 Å². The molecule has 1 aromatic carbocycles. The molecule has 0 radical (unpaired) electrons. The number of rotatable bonds is 2. The quantitative estimate of drug-likeness (QED) is 0.767. The van der Waals surface area contributed by atoms with E-state index in [4.69, 9.17) is 0 Å². The second-order valence-electron chi connectivity index (χ2n) is 4.33. The van der Waals surface area contributed by atoms with Gasteiger partial charge in [-0.3, -0.25) is 4.79 Å². The smallest absolute Gasteiger partial charge is 0.250 e. The third kappa shape index (κ3) is 2.67. The molecule has 0 bridgehead atoms. The first kappa shape index (κ1) is 11.7. The van der Waals surface area contributed by atoms with Crippen molar-refractivity contribution in [3.63, 3.8) is 0 Å². The number of anilines is 2. The minimum Gasteiger partial charge on any atom is -0.385 e. The molecule has 3 nitrogen and oxygen atoms in total. The van der Waals surface area contributed by atoms with Crippen LogP contribution in [-0.4, -0.2) is 12.5 Å². The van der Waals surface area contributed by atoms with Crippen molar-refractivity contribution in [3.8, 4) is 0 Å². The van der Waals surface area contributed by atoms with Crippen molar-refractivity contribution in [1.82, 2.24) is 0 Å². The van der Waals surface area contributed by atoms with Crippen LogP contribution in [0.1, 0.15) is 25.8 Å². The van der Waals surface area contributed by atoms with E-state index in [1.54, 1.807) is 0 Å². The van der Waals surface area contributed by atoms with E-state index in [0.717, 1.165) is 29.9 Å². The summed E-state index contributed by atoms with van der Waals surface area (Å²) in [6, 6.07) is 6.06. The molecule has 3 heteroatoms. The minimum absolute atomic E-state index is 0.0386. The molecular weight excluding hydrogens is 212 g/mol. The van der Waals surface area contributed by atoms with Crippen LogP contribution >= 0.6 is 0 Å². The van der Waals surface area contributed by atoms with Gasteiger partial charge in [0.2, 0.25) is 0 Å². The monoisotopic (exact) mass is 230 g/mol. The lowest BCUT2D eigenvalue weighted by Gasteiger charge is -2.18. The van der Waals surface area contributed by atoms with Crippen molar-refractivity contribution < 1.29 is 4.79 Å². The molecule has 90 valence electrons. The zero-order valence-electron chi connectivity index (χ0n) is 10.3. The molecule has 0 saturated carbocycles. The number of carbonyl (C=O) groups excluding carboxylic acids is 1. The highest BCUT2D eigenvalue weighted by Crippen LogP contribution is 2.25. The lowest BCUT2D eigenvalue weighted by Crippen LogP contribution is -2.15. The van der Waals surface area contributed by atoms with Gasteiger partial charge >= 0.3 is 0 Å². The number of hydrogen-bond acceptors (Lipinski definition) is 2. The topological polar surface area (TPSA) is 41.1 Å². The van der Waals surface area contributed by atoms with Crippen LogP contribution in [-0.2, 0) is 11.2 Å². The van der Waals surface area contributed by atoms with Crippen molar-refractivity contribution in [2.75, 3.05) is 17.2 Å². The van der Waals surface area contributed by atoms with Crippen LogP contribution in [0, 0.1) is 0 Å². The van der Waals surface area contributed by atoms with Gasteiger partial charge in [0.15, 0.2) is 0 Å². The molecule has 0 atom stereocenters. The Morgan fingerprint density at radius 3 is 3.06 bits per heavy atom. The van der Waals surface area contributed by atoms with Gasteiger partial charge in [0.05, 0.1) is 0 Å². The summed E-state index contributed by atoms with van der Waals surface area (Å²) in [6.45, 7) is 4.69. The summed E-state index contributed by atoms with van der Waals surface area (Å²) in [4.78, 5) is 11.7. The minimum atomic E-state index is -0.0386. The Bertz CT molecular complexity index is 463. The summed E-state index contributed by atoms with van der Waals surface area (Å²) in [7, 11) is 0. The fourth-order valence-electron chi connectivity index (χ4n) is 1.90. The van der Waals surface area contributed by atoms with Crippen molar-refractivity contribution in [3.05, 3.63) is 35.4 Å². The van der Waals surface area contributed by atoms with E-state index in [1.807, 2.05) is 32.1 Å². The average molecular weight is 230 g/mol. The third-order valence-corrected chi connectivity index (χ3v) is 3.10. The molecule has 1 aliphatic rings. The number of nitrogens with one attached hydrogen (secondary N) is 2. The van der Waals surface area contributed by atoms with Crippen LogP contribution in [0.25, 0.3) is 0 Å². The molecule has 0 aliphatic carbocycles. The van der Waals surface area contributed by atoms with Crippen LogP contribution in [0.5, 0.6) is 0 Å². The van der Waals surface area contributed by atoms with Crippen LogP contribution in [0.2, 0.25) is 0 Å². The van der Waals surface area contributed by atoms with E-state index < -0.39 is 0 Å². The summed E-state index contributed by atoms with van der Waals surface area (Å²) < 4.78 is 0. The first-order valence-corrected chi connectivity index (χ1v) is 6.02. The third-order valence-electron chi connectivity index (χ3n) is 3.10. The Morgan fingerprint density at radius 1 is 1.47 bits per heavy atom. The highest BCUT2D eigenvalue weighted by molar-refractivity contribution is 6.03. The van der Waals surface area contributed by atoms with Crippen LogP contribution < -0.4 is 10.6 Å². The van der Waals surface area contributed by atoms with E-state index in [1.165, 1.54) is 12.0 Å². The van der Waals surface area contributed by atoms with Crippen LogP contribution in [0.3, 0.4) is 0 Å². The molecule has 1 amide bonds. The molecule has 0 spiro atoms. The standard InChI is InChI=1S/C14H18N2O/c1-3-10(2)14(17)16-12-7-6-11-5-4-8-15-13(11)9-12/h3,6-7,9,15H,4-5,8H2,1-2H3,(H,16,17). The van der Waals surface area contributed by atoms with Gasteiger partial charge in [-0.25, -0.2) is 0 Å². The number of carbonyl (C=O) groups is 1. The molecule has 17 heavy (non-hydrogen) atoms. The van der Waals surface area contributed by atoms with Gasteiger partial charge in [-0.2, -0.15) is 0 Å². The molecular formula is C14H18N2O. The number of fused-ring (bicyclic) bond motifs is 1. The molecule has 0 unspecified atom stereocenters. The molecule has 2 rings (SSSR count). The molecule has 0 aromatic heterocycles. The summed E-state index contributed by atoms with van der Waals surface area (Å²) in [5, 5.41) is 6.25. The van der Waals surface area contributed by atoms with E-state index in [-0.39, 0.29) is 5.91 Å². The number of benzene rings is 1. The number of hydrogen-bond donors (Lipinski definition) is 2. The summed E-state index contributed by atoms with van der Waals surface area (Å²) in [5.74, 6) is -0.0386. The summed E-state index contributed by atoms with van der Waals surface area (Å²) in [5.41, 5.74) is 4.06. The molecule has 1 heterocycles. The highest BCUT2D eigenvalue weighted by Gasteiger charge is 2.10. The van der Waals surface area contributed by atoms with Gasteiger partial charge < -0.3 is 10.6 Å². The van der Waals surface area contributed by atoms with E-state index in [0.29, 0.717) is 0 Å². The van der Waals surface area contributed by atoms with Crippen molar-refractivity contribution in [1.29, 1.82) is 0 Å². The predicted octanol–water partition coefficient (Wildman–Crippen LogP) is 2.95. The van der Waals surface area contributed by atoms with E-state index in [9.17, 15) is 4.79 Å². The first-order chi connectivity index (χ1) is 8.20. The lowest BCUT2D eigenvalue weighted by atomic mass is 10.0. The normalized spacial score (nSPS) is 14.8. The largest absolute Gasteiger partial charge is 0.385 e. The van der Waals surface area contributed by atoms with Gasteiger partial charge in [0.25, 0.3) is 5.91 Å². The fourth-order valence-corrected chi connectivity index (χ4v) is 1.90. The zero-order chi connectivity index (χ0) is 12.3. The Morgan fingerprint density at radius 2 is 2.29 bits per heavy atom. The molecule has 1 aliphatic heterocycles. The Kier molecular flexibility index (Phi) is 3.47. The van der Waals surface area contributed by atoms with E-state index in [2.05, 4.69) is 16.7 Å². The summed E-state index contributed by atoms with van der Waals surface area (Å²) in [6.07, 6.45) is 4.10. The second kappa shape index (κ2) is 5.04. The van der Waals surface area contributed by atoms with Gasteiger partial charge in [-0.15, -0.1) is 0 Å². The molecule has 1 aromatic rings. The maximum absolute atomic E-state index is 11.7. The van der Waals surface area contributed by atoms with Gasteiger partial charge in [0.1, 0.15) is 0 Å². The maximum atomic E-state index is 11.7. The van der Waals surface area contributed by atoms with Crippen molar-refractivity contribution in [2.45, 2.75) is 26.7 Å².